The van der Waals surface area contributed by atoms with Gasteiger partial charge < -0.3 is 14.5 Å². The zero-order chi connectivity index (χ0) is 27.3. The number of aromatic nitrogens is 1. The number of anilines is 1. The van der Waals surface area contributed by atoms with E-state index < -0.39 is 10.0 Å². The lowest BCUT2D eigenvalue weighted by molar-refractivity contribution is -0.120. The van der Waals surface area contributed by atoms with Crippen LogP contribution >= 0.6 is 0 Å². The second-order valence-electron chi connectivity index (χ2n) is 10.6. The average Bonchev–Trinajstić information content (AvgIpc) is 2.82. The van der Waals surface area contributed by atoms with Crippen molar-refractivity contribution >= 4 is 21.6 Å². The summed E-state index contributed by atoms with van der Waals surface area (Å²) in [4.78, 5) is 22.2. The number of ether oxygens (including phenoxy) is 1. The number of methoxy groups -OCH3 is 1. The minimum atomic E-state index is -3.70. The molecule has 9 heteroatoms. The fourth-order valence-electron chi connectivity index (χ4n) is 5.17. The van der Waals surface area contributed by atoms with Gasteiger partial charge >= 0.3 is 0 Å². The Morgan fingerprint density at radius 2 is 1.68 bits per heavy atom. The largest absolute Gasteiger partial charge is 0.497 e. The zero-order valence-electron chi connectivity index (χ0n) is 23.4. The van der Waals surface area contributed by atoms with Crippen LogP contribution in [0.3, 0.4) is 0 Å². The summed E-state index contributed by atoms with van der Waals surface area (Å²) < 4.78 is 33.0. The Hall–Kier alpha value is -2.49. The highest BCUT2D eigenvalue weighted by molar-refractivity contribution is 7.89. The Bertz CT molecular complexity index is 1180. The highest BCUT2D eigenvalue weighted by Crippen LogP contribution is 2.29. The molecule has 0 N–H and O–H groups in total. The van der Waals surface area contributed by atoms with Crippen molar-refractivity contribution < 1.29 is 17.9 Å². The van der Waals surface area contributed by atoms with Crippen LogP contribution in [-0.2, 0) is 21.4 Å². The van der Waals surface area contributed by atoms with E-state index in [1.807, 2.05) is 6.20 Å². The van der Waals surface area contributed by atoms with E-state index in [-0.39, 0.29) is 23.6 Å². The molecule has 0 saturated carbocycles. The lowest BCUT2D eigenvalue weighted by atomic mass is 9.91. The Morgan fingerprint density at radius 1 is 1.05 bits per heavy atom. The zero-order valence-corrected chi connectivity index (χ0v) is 24.2. The third kappa shape index (κ3) is 7.30. The second-order valence-corrected chi connectivity index (χ2v) is 12.5. The number of benzene rings is 1. The fraction of sp³-hybridized carbons (Fsp3) is 0.571. The lowest BCUT2D eigenvalue weighted by Crippen LogP contribution is -2.35. The van der Waals surface area contributed by atoms with Crippen LogP contribution in [0, 0.1) is 26.7 Å². The van der Waals surface area contributed by atoms with Crippen molar-refractivity contribution in [2.45, 2.75) is 57.9 Å². The molecule has 2 heterocycles. The Labute approximate surface area is 222 Å². The van der Waals surface area contributed by atoms with Gasteiger partial charge in [0.15, 0.2) is 0 Å². The van der Waals surface area contributed by atoms with E-state index >= 15 is 0 Å². The van der Waals surface area contributed by atoms with E-state index in [2.05, 4.69) is 36.9 Å². The van der Waals surface area contributed by atoms with E-state index in [1.165, 1.54) is 15.4 Å². The van der Waals surface area contributed by atoms with E-state index in [0.29, 0.717) is 29.2 Å². The number of nitrogens with zero attached hydrogens (tertiary/aromatic N) is 4. The molecular weight excluding hydrogens is 488 g/mol. The summed E-state index contributed by atoms with van der Waals surface area (Å²) in [6, 6.07) is 5.65. The highest BCUT2D eigenvalue weighted by atomic mass is 32.2. The molecule has 2 aromatic rings. The number of carbonyl (C=O) groups excluding carboxylic acids is 1. The van der Waals surface area contributed by atoms with E-state index in [4.69, 9.17) is 9.72 Å². The first-order chi connectivity index (χ1) is 17.4. The molecular formula is C28H42N4O4S. The number of hydrogen-bond donors (Lipinski definition) is 0. The van der Waals surface area contributed by atoms with Gasteiger partial charge in [0.1, 0.15) is 17.4 Å². The molecule has 37 heavy (non-hydrogen) atoms. The molecule has 1 aromatic heterocycles. The number of piperidine rings is 1. The molecule has 1 aromatic carbocycles. The molecule has 0 spiro atoms. The predicted molar refractivity (Wildman–Crippen MR) is 148 cm³/mol. The highest BCUT2D eigenvalue weighted by Gasteiger charge is 2.27. The minimum Gasteiger partial charge on any atom is -0.497 e. The van der Waals surface area contributed by atoms with Gasteiger partial charge in [-0.2, -0.15) is 0 Å². The van der Waals surface area contributed by atoms with Crippen molar-refractivity contribution in [2.75, 3.05) is 52.8 Å². The number of ketones is 1. The van der Waals surface area contributed by atoms with Gasteiger partial charge in [-0.25, -0.2) is 17.7 Å². The van der Waals surface area contributed by atoms with Crippen LogP contribution in [0.2, 0.25) is 0 Å². The summed E-state index contributed by atoms with van der Waals surface area (Å²) in [5.74, 6) is 2.10. The molecule has 204 valence electrons. The Morgan fingerprint density at radius 3 is 2.22 bits per heavy atom. The Balaban J connectivity index is 1.51. The van der Waals surface area contributed by atoms with Crippen LogP contribution in [0.5, 0.6) is 5.75 Å². The van der Waals surface area contributed by atoms with Crippen molar-refractivity contribution in [1.82, 2.24) is 14.2 Å². The normalized spacial score (nSPS) is 15.0. The van der Waals surface area contributed by atoms with Crippen molar-refractivity contribution in [3.05, 3.63) is 46.6 Å². The van der Waals surface area contributed by atoms with Gasteiger partial charge in [0.05, 0.1) is 12.0 Å². The molecule has 3 rings (SSSR count). The van der Waals surface area contributed by atoms with Crippen molar-refractivity contribution in [2.24, 2.45) is 5.92 Å². The average molecular weight is 531 g/mol. The summed E-state index contributed by atoms with van der Waals surface area (Å²) in [6.45, 7) is 8.44. The topological polar surface area (TPSA) is 83.0 Å². The first-order valence-corrected chi connectivity index (χ1v) is 14.3. The monoisotopic (exact) mass is 530 g/mol. The number of hydrogen-bond acceptors (Lipinski definition) is 7. The van der Waals surface area contributed by atoms with Gasteiger partial charge in [0.2, 0.25) is 10.0 Å². The van der Waals surface area contributed by atoms with Crippen LogP contribution in [0.15, 0.2) is 29.3 Å². The molecule has 0 unspecified atom stereocenters. The van der Waals surface area contributed by atoms with Crippen molar-refractivity contribution in [1.29, 1.82) is 0 Å². The van der Waals surface area contributed by atoms with Crippen LogP contribution < -0.4 is 9.64 Å². The molecule has 1 aliphatic heterocycles. The van der Waals surface area contributed by atoms with Gasteiger partial charge in [-0.3, -0.25) is 4.79 Å². The summed E-state index contributed by atoms with van der Waals surface area (Å²) in [5, 5.41) is 0. The quantitative estimate of drug-likeness (QED) is 0.435. The first kappa shape index (κ1) is 29.1. The maximum absolute atomic E-state index is 13.2. The third-order valence-corrected chi connectivity index (χ3v) is 9.24. The molecule has 1 saturated heterocycles. The fourth-order valence-corrected chi connectivity index (χ4v) is 6.75. The first-order valence-electron chi connectivity index (χ1n) is 12.9. The molecule has 8 nitrogen and oxygen atoms in total. The molecule has 1 aliphatic rings. The molecule has 0 radical (unpaired) electrons. The molecule has 0 bridgehead atoms. The maximum Gasteiger partial charge on any atom is 0.243 e. The van der Waals surface area contributed by atoms with Gasteiger partial charge in [-0.15, -0.1) is 0 Å². The van der Waals surface area contributed by atoms with E-state index in [1.54, 1.807) is 40.1 Å². The lowest BCUT2D eigenvalue weighted by Gasteiger charge is -2.33. The smallest absolute Gasteiger partial charge is 0.243 e. The Kier molecular flexibility index (Phi) is 9.72. The number of aryl methyl sites for hydroxylation is 3. The predicted octanol–water partition coefficient (Wildman–Crippen LogP) is 3.96. The minimum absolute atomic E-state index is 0.117. The number of carbonyl (C=O) groups is 1. The van der Waals surface area contributed by atoms with Gasteiger partial charge in [0.25, 0.3) is 0 Å². The van der Waals surface area contributed by atoms with Crippen LogP contribution in [-0.4, -0.2) is 76.3 Å². The van der Waals surface area contributed by atoms with E-state index in [9.17, 15) is 13.2 Å². The molecule has 1 fully saturated rings. The van der Waals surface area contributed by atoms with Gasteiger partial charge in [0, 0.05) is 52.3 Å². The van der Waals surface area contributed by atoms with Crippen molar-refractivity contribution in [3.8, 4) is 5.75 Å². The molecule has 0 atom stereocenters. The number of rotatable bonds is 11. The van der Waals surface area contributed by atoms with Gasteiger partial charge in [-0.05, 0) is 94.1 Å². The van der Waals surface area contributed by atoms with E-state index in [0.717, 1.165) is 38.3 Å². The number of pyridine rings is 1. The molecule has 0 amide bonds. The van der Waals surface area contributed by atoms with Crippen LogP contribution in [0.25, 0.3) is 0 Å². The van der Waals surface area contributed by atoms with Gasteiger partial charge in [-0.1, -0.05) is 0 Å². The molecule has 0 aliphatic carbocycles. The second kappa shape index (κ2) is 12.4. The summed E-state index contributed by atoms with van der Waals surface area (Å²) >= 11 is 0. The summed E-state index contributed by atoms with van der Waals surface area (Å²) in [6.07, 6.45) is 4.54. The number of Topliss-reactive ketones (excluding diaryl/α,β-unsaturated/α-hetero) is 1. The number of sulfonamides is 1. The van der Waals surface area contributed by atoms with Crippen LogP contribution in [0.4, 0.5) is 5.82 Å². The SMILES string of the molecule is COc1cc(C)c(S(=O)(=O)N(C)CCC(=O)CC2CCN(c3ncc(CN(C)C)cc3C)CC2)c(C)c1. The summed E-state index contributed by atoms with van der Waals surface area (Å²) in [5.41, 5.74) is 3.66. The van der Waals surface area contributed by atoms with Crippen LogP contribution in [0.1, 0.15) is 47.9 Å². The third-order valence-electron chi connectivity index (χ3n) is 7.08. The maximum atomic E-state index is 13.2. The standard InChI is InChI=1S/C28H42N4O4S/c1-20-15-26(36-7)16-21(2)27(20)37(34,35)31(6)11-10-25(33)17-23-8-12-32(13-9-23)28-22(3)14-24(18-29-28)19-30(4)5/h14-16,18,23H,8-13,17,19H2,1-7H3. The summed E-state index contributed by atoms with van der Waals surface area (Å²) in [7, 11) is 3.51. The van der Waals surface area contributed by atoms with Crippen molar-refractivity contribution in [3.63, 3.8) is 0 Å².